The first kappa shape index (κ1) is 13.3. The predicted molar refractivity (Wildman–Crippen MR) is 69.7 cm³/mol. The van der Waals surface area contributed by atoms with Crippen LogP contribution in [0.15, 0.2) is 36.4 Å². The van der Waals surface area contributed by atoms with Gasteiger partial charge in [0.15, 0.2) is 0 Å². The average Bonchev–Trinajstić information content (AvgIpc) is 3.15. The Morgan fingerprint density at radius 3 is 2.63 bits per heavy atom. The molecular weight excluding hydrogens is 246 g/mol. The van der Waals surface area contributed by atoms with Crippen LogP contribution in [0, 0.1) is 16.0 Å². The number of nitro groups is 1. The van der Waals surface area contributed by atoms with E-state index in [-0.39, 0.29) is 11.7 Å². The number of nitrogens with zero attached hydrogens (tertiary/aromatic N) is 1. The van der Waals surface area contributed by atoms with Crippen molar-refractivity contribution in [2.45, 2.75) is 19.3 Å². The van der Waals surface area contributed by atoms with E-state index < -0.39 is 4.92 Å². The molecule has 1 aliphatic rings. The number of hydrogen-bond donors (Lipinski definition) is 0. The average molecular weight is 261 g/mol. The fourth-order valence-electron chi connectivity index (χ4n) is 1.99. The maximum Gasteiger partial charge on any atom is 0.333 e. The number of ether oxygens (including phenoxy) is 1. The first-order valence-corrected chi connectivity index (χ1v) is 6.06. The van der Waals surface area contributed by atoms with Crippen molar-refractivity contribution in [3.63, 3.8) is 0 Å². The van der Waals surface area contributed by atoms with Crippen molar-refractivity contribution in [1.82, 2.24) is 0 Å². The summed E-state index contributed by atoms with van der Waals surface area (Å²) in [6.45, 7) is 5.51. The maximum atomic E-state index is 11.2. The molecule has 0 amide bonds. The Hall–Kier alpha value is -2.17. The van der Waals surface area contributed by atoms with Gasteiger partial charge < -0.3 is 4.74 Å². The van der Waals surface area contributed by atoms with Gasteiger partial charge in [-0.05, 0) is 24.8 Å². The summed E-state index contributed by atoms with van der Waals surface area (Å²) in [5.41, 5.74) is 1.55. The highest BCUT2D eigenvalue weighted by atomic mass is 16.6. The third-order valence-electron chi connectivity index (χ3n) is 3.23. The molecule has 1 aromatic rings. The molecule has 0 bridgehead atoms. The Labute approximate surface area is 111 Å². The van der Waals surface area contributed by atoms with Crippen LogP contribution in [0.3, 0.4) is 0 Å². The van der Waals surface area contributed by atoms with Gasteiger partial charge in [0.2, 0.25) is 0 Å². The molecule has 0 N–H and O–H groups in total. The predicted octanol–water partition coefficient (Wildman–Crippen LogP) is 2.82. The highest BCUT2D eigenvalue weighted by molar-refractivity contribution is 5.86. The van der Waals surface area contributed by atoms with Gasteiger partial charge >= 0.3 is 5.97 Å². The second-order valence-electron chi connectivity index (χ2n) is 4.83. The minimum atomic E-state index is -0.414. The molecule has 0 heterocycles. The molecule has 0 spiro atoms. The largest absolute Gasteiger partial charge is 0.462 e. The van der Waals surface area contributed by atoms with Crippen molar-refractivity contribution in [3.8, 4) is 0 Å². The summed E-state index contributed by atoms with van der Waals surface area (Å²) in [4.78, 5) is 21.4. The fourth-order valence-corrected chi connectivity index (χ4v) is 1.99. The van der Waals surface area contributed by atoms with E-state index >= 15 is 0 Å². The molecule has 2 unspecified atom stereocenters. The molecule has 1 aromatic carbocycles. The highest BCUT2D eigenvalue weighted by Crippen LogP contribution is 2.47. The van der Waals surface area contributed by atoms with Crippen LogP contribution in [0.5, 0.6) is 0 Å². The van der Waals surface area contributed by atoms with Crippen LogP contribution in [0.4, 0.5) is 5.69 Å². The first-order chi connectivity index (χ1) is 8.99. The third kappa shape index (κ3) is 3.19. The number of benzene rings is 1. The van der Waals surface area contributed by atoms with Crippen molar-refractivity contribution >= 4 is 11.7 Å². The van der Waals surface area contributed by atoms with Gasteiger partial charge in [-0.1, -0.05) is 18.7 Å². The lowest BCUT2D eigenvalue weighted by Gasteiger charge is -2.03. The van der Waals surface area contributed by atoms with Gasteiger partial charge in [-0.15, -0.1) is 0 Å². The van der Waals surface area contributed by atoms with Gasteiger partial charge in [0.05, 0.1) is 11.5 Å². The van der Waals surface area contributed by atoms with Crippen LogP contribution >= 0.6 is 0 Å². The molecule has 5 nitrogen and oxygen atoms in total. The molecule has 0 aliphatic heterocycles. The lowest BCUT2D eigenvalue weighted by Crippen LogP contribution is -2.07. The number of non-ortho nitro benzene ring substituents is 1. The van der Waals surface area contributed by atoms with E-state index in [1.807, 2.05) is 0 Å². The second-order valence-corrected chi connectivity index (χ2v) is 4.83. The number of esters is 1. The molecular formula is C14H15NO4. The minimum Gasteiger partial charge on any atom is -0.462 e. The van der Waals surface area contributed by atoms with E-state index in [2.05, 4.69) is 6.58 Å². The van der Waals surface area contributed by atoms with Crippen LogP contribution in [0.2, 0.25) is 0 Å². The smallest absolute Gasteiger partial charge is 0.333 e. The van der Waals surface area contributed by atoms with Gasteiger partial charge in [0.1, 0.15) is 0 Å². The van der Waals surface area contributed by atoms with Gasteiger partial charge in [0.25, 0.3) is 5.69 Å². The summed E-state index contributed by atoms with van der Waals surface area (Å²) < 4.78 is 5.09. The molecule has 1 saturated carbocycles. The quantitative estimate of drug-likeness (QED) is 0.353. The Balaban J connectivity index is 1.87. The number of rotatable bonds is 5. The topological polar surface area (TPSA) is 69.4 Å². The monoisotopic (exact) mass is 261 g/mol. The minimum absolute atomic E-state index is 0.0923. The van der Waals surface area contributed by atoms with E-state index in [1.165, 1.54) is 12.1 Å². The molecule has 19 heavy (non-hydrogen) atoms. The van der Waals surface area contributed by atoms with Crippen molar-refractivity contribution in [3.05, 3.63) is 52.1 Å². The van der Waals surface area contributed by atoms with E-state index in [0.29, 0.717) is 24.0 Å². The molecule has 0 saturated heterocycles. The third-order valence-corrected chi connectivity index (χ3v) is 3.23. The summed E-state index contributed by atoms with van der Waals surface area (Å²) in [5, 5.41) is 10.5. The van der Waals surface area contributed by atoms with Crippen molar-refractivity contribution < 1.29 is 14.5 Å². The lowest BCUT2D eigenvalue weighted by atomic mass is 10.1. The number of carbonyl (C=O) groups excluding carboxylic acids is 1. The number of hydrogen-bond acceptors (Lipinski definition) is 4. The molecule has 0 aromatic heterocycles. The van der Waals surface area contributed by atoms with Gasteiger partial charge in [-0.2, -0.15) is 0 Å². The summed E-state index contributed by atoms with van der Waals surface area (Å²) in [6, 6.07) is 6.54. The van der Waals surface area contributed by atoms with Crippen LogP contribution in [0.1, 0.15) is 24.8 Å². The van der Waals surface area contributed by atoms with Crippen molar-refractivity contribution in [2.24, 2.45) is 5.92 Å². The van der Waals surface area contributed by atoms with E-state index in [0.717, 1.165) is 12.0 Å². The van der Waals surface area contributed by atoms with Gasteiger partial charge in [0, 0.05) is 23.6 Å². The molecule has 1 fully saturated rings. The SMILES string of the molecule is C=C(C)C(=O)OCC1CC1c1ccc([N+](=O)[O-])cc1. The zero-order valence-corrected chi connectivity index (χ0v) is 10.7. The van der Waals surface area contributed by atoms with E-state index in [4.69, 9.17) is 4.74 Å². The van der Waals surface area contributed by atoms with Crippen molar-refractivity contribution in [2.75, 3.05) is 6.61 Å². The number of nitro benzene ring substituents is 1. The molecule has 0 radical (unpaired) electrons. The zero-order valence-electron chi connectivity index (χ0n) is 10.7. The van der Waals surface area contributed by atoms with E-state index in [1.54, 1.807) is 19.1 Å². The highest BCUT2D eigenvalue weighted by Gasteiger charge is 2.39. The van der Waals surface area contributed by atoms with Gasteiger partial charge in [-0.3, -0.25) is 10.1 Å². The Morgan fingerprint density at radius 1 is 1.47 bits per heavy atom. The van der Waals surface area contributed by atoms with Crippen LogP contribution in [0.25, 0.3) is 0 Å². The normalized spacial score (nSPS) is 20.7. The molecule has 1 aliphatic carbocycles. The summed E-state index contributed by atoms with van der Waals surface area (Å²) in [6.07, 6.45) is 0.946. The van der Waals surface area contributed by atoms with Gasteiger partial charge in [-0.25, -0.2) is 4.79 Å². The Kier molecular flexibility index (Phi) is 3.64. The summed E-state index contributed by atoms with van der Waals surface area (Å²) in [7, 11) is 0. The van der Waals surface area contributed by atoms with Crippen LogP contribution in [-0.2, 0) is 9.53 Å². The van der Waals surface area contributed by atoms with Crippen molar-refractivity contribution in [1.29, 1.82) is 0 Å². The standard InChI is InChI=1S/C14H15NO4/c1-9(2)14(16)19-8-11-7-13(11)10-3-5-12(6-4-10)15(17)18/h3-6,11,13H,1,7-8H2,2H3. The Morgan fingerprint density at radius 2 is 2.11 bits per heavy atom. The lowest BCUT2D eigenvalue weighted by molar-refractivity contribution is -0.384. The molecule has 5 heteroatoms. The Bertz CT molecular complexity index is 521. The number of carbonyl (C=O) groups is 1. The van der Waals surface area contributed by atoms with Crippen LogP contribution < -0.4 is 0 Å². The maximum absolute atomic E-state index is 11.2. The zero-order chi connectivity index (χ0) is 14.0. The summed E-state index contributed by atoms with van der Waals surface area (Å²) in [5.74, 6) is 0.276. The molecule has 2 atom stereocenters. The molecule has 2 rings (SSSR count). The van der Waals surface area contributed by atoms with Crippen LogP contribution in [-0.4, -0.2) is 17.5 Å². The fraction of sp³-hybridized carbons (Fsp3) is 0.357. The molecule has 100 valence electrons. The summed E-state index contributed by atoms with van der Waals surface area (Å²) >= 11 is 0. The first-order valence-electron chi connectivity index (χ1n) is 6.06. The second kappa shape index (κ2) is 5.22. The van der Waals surface area contributed by atoms with E-state index in [9.17, 15) is 14.9 Å².